The van der Waals surface area contributed by atoms with E-state index in [1.807, 2.05) is 30.3 Å². The van der Waals surface area contributed by atoms with Gasteiger partial charge in [0.15, 0.2) is 11.5 Å². The molecule has 1 aliphatic carbocycles. The molecule has 0 saturated heterocycles. The second kappa shape index (κ2) is 10.8. The molecule has 1 saturated carbocycles. The van der Waals surface area contributed by atoms with Crippen molar-refractivity contribution in [3.8, 4) is 23.0 Å². The molecule has 1 aliphatic rings. The Morgan fingerprint density at radius 2 is 1.71 bits per heavy atom. The first-order chi connectivity index (χ1) is 18.4. The topological polar surface area (TPSA) is 90.0 Å². The normalized spacial score (nSPS) is 16.0. The highest BCUT2D eigenvalue weighted by Crippen LogP contribution is 2.47. The second-order valence-electron chi connectivity index (χ2n) is 8.72. The third-order valence-electron chi connectivity index (χ3n) is 6.36. The first-order valence-corrected chi connectivity index (χ1v) is 12.5. The lowest BCUT2D eigenvalue weighted by Crippen LogP contribution is -2.39. The Morgan fingerprint density at radius 3 is 2.42 bits per heavy atom. The number of ether oxygens (including phenoxy) is 3. The number of imide groups is 1. The van der Waals surface area contributed by atoms with Crippen LogP contribution in [0.5, 0.6) is 23.0 Å². The third kappa shape index (κ3) is 5.20. The summed E-state index contributed by atoms with van der Waals surface area (Å²) in [5.74, 6) is 1.51. The van der Waals surface area contributed by atoms with Crippen LogP contribution in [0.4, 0.5) is 10.5 Å². The smallest absolute Gasteiger partial charge is 0.338 e. The van der Waals surface area contributed by atoms with E-state index in [2.05, 4.69) is 23.1 Å². The molecule has 0 aliphatic heterocycles. The molecule has 5 rings (SSSR count). The van der Waals surface area contributed by atoms with E-state index in [9.17, 15) is 9.59 Å². The first kappa shape index (κ1) is 25.7. The lowest BCUT2D eigenvalue weighted by atomic mass is 10.1. The number of halogens is 1. The van der Waals surface area contributed by atoms with Crippen LogP contribution in [0, 0.1) is 5.92 Å². The molecule has 0 radical (unpaired) electrons. The van der Waals surface area contributed by atoms with Crippen molar-refractivity contribution in [2.24, 2.45) is 5.92 Å². The van der Waals surface area contributed by atoms with E-state index in [1.54, 1.807) is 50.7 Å². The number of thiol groups is 1. The molecule has 2 atom stereocenters. The predicted molar refractivity (Wildman–Crippen MR) is 149 cm³/mol. The van der Waals surface area contributed by atoms with E-state index in [0.717, 1.165) is 9.87 Å². The lowest BCUT2D eigenvalue weighted by Gasteiger charge is -2.18. The number of hydrogen-bond acceptors (Lipinski definition) is 7. The number of nitrogens with one attached hydrogen (secondary N) is 1. The van der Waals surface area contributed by atoms with Crippen LogP contribution < -0.4 is 23.8 Å². The highest BCUT2D eigenvalue weighted by Gasteiger charge is 2.44. The Kier molecular flexibility index (Phi) is 7.31. The highest BCUT2D eigenvalue weighted by atomic mass is 35.5. The lowest BCUT2D eigenvalue weighted by molar-refractivity contribution is -0.121. The number of nitrogens with zero attached hydrogens (tertiary/aromatic N) is 2. The summed E-state index contributed by atoms with van der Waals surface area (Å²) >= 11 is 10.8. The van der Waals surface area contributed by atoms with Gasteiger partial charge >= 0.3 is 6.03 Å². The number of amides is 3. The number of fused-ring (bicyclic) bond motifs is 1. The number of carbonyl (C=O) groups is 2. The molecule has 0 bridgehead atoms. The quantitative estimate of drug-likeness (QED) is 0.260. The standard InChI is InChI=1S/C28H24ClN3O5S/c1-35-25-14-20-22(15-26(25)36-2)30-11-10-23(20)37-24-9-8-17(12-21(24)29)32(38)28(34)31-27(33)19-13-18(19)16-6-4-3-5-7-16/h3-12,14-15,18-19,38H,13H2,1-2H3,(H,31,33,34). The number of carbonyl (C=O) groups excluding carboxylic acids is 2. The van der Waals surface area contributed by atoms with Crippen LogP contribution in [0.1, 0.15) is 17.9 Å². The van der Waals surface area contributed by atoms with E-state index in [0.29, 0.717) is 46.0 Å². The van der Waals surface area contributed by atoms with Crippen molar-refractivity contribution in [1.82, 2.24) is 10.3 Å². The fourth-order valence-electron chi connectivity index (χ4n) is 4.28. The molecule has 3 aromatic carbocycles. The summed E-state index contributed by atoms with van der Waals surface area (Å²) in [4.78, 5) is 29.7. The Bertz CT molecular complexity index is 1520. The van der Waals surface area contributed by atoms with Crippen molar-refractivity contribution in [3.63, 3.8) is 0 Å². The van der Waals surface area contributed by atoms with Crippen molar-refractivity contribution in [3.05, 3.63) is 83.5 Å². The van der Waals surface area contributed by atoms with Crippen LogP contribution in [-0.4, -0.2) is 31.1 Å². The van der Waals surface area contributed by atoms with Gasteiger partial charge in [-0.15, -0.1) is 0 Å². The zero-order valence-electron chi connectivity index (χ0n) is 20.6. The zero-order valence-corrected chi connectivity index (χ0v) is 22.2. The molecule has 38 heavy (non-hydrogen) atoms. The Labute approximate surface area is 230 Å². The molecule has 8 nitrogen and oxygen atoms in total. The third-order valence-corrected chi connectivity index (χ3v) is 7.07. The number of aromatic nitrogens is 1. The van der Waals surface area contributed by atoms with Crippen molar-refractivity contribution in [2.75, 3.05) is 18.5 Å². The molecule has 1 fully saturated rings. The maximum atomic E-state index is 12.7. The van der Waals surface area contributed by atoms with Gasteiger partial charge < -0.3 is 14.2 Å². The van der Waals surface area contributed by atoms with Gasteiger partial charge in [0.25, 0.3) is 0 Å². The van der Waals surface area contributed by atoms with Crippen molar-refractivity contribution < 1.29 is 23.8 Å². The van der Waals surface area contributed by atoms with Crippen molar-refractivity contribution in [2.45, 2.75) is 12.3 Å². The van der Waals surface area contributed by atoms with Crippen LogP contribution >= 0.6 is 24.4 Å². The average molecular weight is 550 g/mol. The van der Waals surface area contributed by atoms with Gasteiger partial charge in [0.1, 0.15) is 11.5 Å². The molecule has 3 amide bonds. The summed E-state index contributed by atoms with van der Waals surface area (Å²) in [7, 11) is 3.11. The van der Waals surface area contributed by atoms with Gasteiger partial charge in [-0.2, -0.15) is 0 Å². The molecular weight excluding hydrogens is 526 g/mol. The van der Waals surface area contributed by atoms with Gasteiger partial charge in [0.2, 0.25) is 5.91 Å². The zero-order chi connectivity index (χ0) is 26.8. The molecule has 4 aromatic rings. The van der Waals surface area contributed by atoms with Crippen molar-refractivity contribution in [1.29, 1.82) is 0 Å². The van der Waals surface area contributed by atoms with Gasteiger partial charge in [0.05, 0.1) is 30.4 Å². The molecule has 1 aromatic heterocycles. The van der Waals surface area contributed by atoms with E-state index in [-0.39, 0.29) is 22.8 Å². The molecule has 10 heteroatoms. The van der Waals surface area contributed by atoms with E-state index >= 15 is 0 Å². The number of benzene rings is 3. The molecule has 1 N–H and O–H groups in total. The van der Waals surface area contributed by atoms with Crippen LogP contribution in [0.3, 0.4) is 0 Å². The first-order valence-electron chi connectivity index (χ1n) is 11.8. The molecular formula is C28H24ClN3O5S. The summed E-state index contributed by atoms with van der Waals surface area (Å²) in [5.41, 5.74) is 2.11. The summed E-state index contributed by atoms with van der Waals surface area (Å²) in [6.45, 7) is 0. The van der Waals surface area contributed by atoms with Crippen LogP contribution in [0.25, 0.3) is 10.9 Å². The highest BCUT2D eigenvalue weighted by molar-refractivity contribution is 7.82. The van der Waals surface area contributed by atoms with Gasteiger partial charge in [0, 0.05) is 23.6 Å². The van der Waals surface area contributed by atoms with Crippen LogP contribution in [0.2, 0.25) is 5.02 Å². The molecule has 2 unspecified atom stereocenters. The number of urea groups is 1. The largest absolute Gasteiger partial charge is 0.493 e. The summed E-state index contributed by atoms with van der Waals surface area (Å²) in [6.07, 6.45) is 2.32. The minimum atomic E-state index is -0.664. The number of hydrogen-bond donors (Lipinski definition) is 2. The number of anilines is 1. The molecule has 0 spiro atoms. The Balaban J connectivity index is 1.28. The number of pyridine rings is 1. The fourth-order valence-corrected chi connectivity index (χ4v) is 4.67. The minimum Gasteiger partial charge on any atom is -0.493 e. The van der Waals surface area contributed by atoms with Gasteiger partial charge in [-0.1, -0.05) is 54.7 Å². The summed E-state index contributed by atoms with van der Waals surface area (Å²) in [5, 5.41) is 3.37. The molecule has 194 valence electrons. The Hall–Kier alpha value is -3.95. The van der Waals surface area contributed by atoms with E-state index < -0.39 is 6.03 Å². The van der Waals surface area contributed by atoms with Crippen molar-refractivity contribution >= 4 is 52.9 Å². The minimum absolute atomic E-state index is 0.119. The predicted octanol–water partition coefficient (Wildman–Crippen LogP) is 6.39. The fraction of sp³-hybridized carbons (Fsp3) is 0.179. The molecule has 1 heterocycles. The summed E-state index contributed by atoms with van der Waals surface area (Å²) < 4.78 is 17.9. The van der Waals surface area contributed by atoms with Crippen LogP contribution in [0.15, 0.2) is 72.9 Å². The second-order valence-corrected chi connectivity index (χ2v) is 9.52. The number of methoxy groups -OCH3 is 2. The monoisotopic (exact) mass is 549 g/mol. The van der Waals surface area contributed by atoms with Gasteiger partial charge in [-0.25, -0.2) is 9.10 Å². The van der Waals surface area contributed by atoms with Crippen LogP contribution in [-0.2, 0) is 4.79 Å². The van der Waals surface area contributed by atoms with E-state index in [1.165, 1.54) is 6.07 Å². The maximum Gasteiger partial charge on any atom is 0.338 e. The average Bonchev–Trinajstić information content (AvgIpc) is 3.75. The SMILES string of the molecule is COc1cc2nccc(Oc3ccc(N(S)C(=O)NC(=O)C4CC4c4ccccc4)cc3Cl)c2cc1OC. The van der Waals surface area contributed by atoms with Gasteiger partial charge in [-0.05, 0) is 48.2 Å². The Morgan fingerprint density at radius 1 is 0.974 bits per heavy atom. The maximum absolute atomic E-state index is 12.7. The summed E-state index contributed by atoms with van der Waals surface area (Å²) in [6, 6.07) is 19.1. The van der Waals surface area contributed by atoms with Gasteiger partial charge in [-0.3, -0.25) is 15.1 Å². The van der Waals surface area contributed by atoms with E-state index in [4.69, 9.17) is 25.8 Å². The number of rotatable bonds is 7.